The van der Waals surface area contributed by atoms with Gasteiger partial charge in [-0.2, -0.15) is 0 Å². The lowest BCUT2D eigenvalue weighted by Gasteiger charge is -2.13. The summed E-state index contributed by atoms with van der Waals surface area (Å²) < 4.78 is 4.43. The maximum atomic E-state index is 5.32. The molecule has 4 aromatic heterocycles. The predicted molar refractivity (Wildman–Crippen MR) is 192 cm³/mol. The Hall–Kier alpha value is -6.73. The predicted octanol–water partition coefficient (Wildman–Crippen LogP) is 9.32. The van der Waals surface area contributed by atoms with Crippen molar-refractivity contribution in [2.24, 2.45) is 0 Å². The molecule has 0 spiro atoms. The van der Waals surface area contributed by atoms with Gasteiger partial charge in [0, 0.05) is 32.8 Å². The van der Waals surface area contributed by atoms with Crippen LogP contribution < -0.4 is 0 Å². The van der Waals surface area contributed by atoms with Gasteiger partial charge in [-0.05, 0) is 36.4 Å². The van der Waals surface area contributed by atoms with Crippen LogP contribution in [0.15, 0.2) is 152 Å². The van der Waals surface area contributed by atoms with Crippen LogP contribution in [0.4, 0.5) is 0 Å². The second-order valence-corrected chi connectivity index (χ2v) is 11.8. The Morgan fingerprint density at radius 1 is 0.354 bits per heavy atom. The molecule has 0 saturated heterocycles. The van der Waals surface area contributed by atoms with E-state index in [2.05, 4.69) is 81.8 Å². The normalized spacial score (nSPS) is 11.8. The van der Waals surface area contributed by atoms with Crippen LogP contribution in [0, 0.1) is 0 Å². The van der Waals surface area contributed by atoms with Crippen molar-refractivity contribution in [3.05, 3.63) is 152 Å². The molecule has 48 heavy (non-hydrogen) atoms. The van der Waals surface area contributed by atoms with E-state index < -0.39 is 0 Å². The van der Waals surface area contributed by atoms with E-state index in [-0.39, 0.29) is 0 Å². The van der Waals surface area contributed by atoms with Crippen LogP contribution in [0.1, 0.15) is 0 Å². The van der Waals surface area contributed by atoms with Gasteiger partial charge in [-0.1, -0.05) is 115 Å². The van der Waals surface area contributed by atoms with Gasteiger partial charge in [0.15, 0.2) is 17.5 Å². The maximum Gasteiger partial charge on any atom is 0.221 e. The summed E-state index contributed by atoms with van der Waals surface area (Å²) in [7, 11) is 0. The number of fused-ring (bicyclic) bond motifs is 8. The first-order chi connectivity index (χ1) is 23.8. The maximum absolute atomic E-state index is 5.32. The minimum atomic E-state index is 0.603. The lowest BCUT2D eigenvalue weighted by molar-refractivity contribution is 0.979. The molecular formula is C41H25N7. The number of para-hydroxylation sites is 4. The Kier molecular flexibility index (Phi) is 5.74. The van der Waals surface area contributed by atoms with Crippen LogP contribution in [-0.2, 0) is 0 Å². The molecule has 0 aliphatic carbocycles. The summed E-state index contributed by atoms with van der Waals surface area (Å²) in [4.78, 5) is 25.4. The van der Waals surface area contributed by atoms with Crippen LogP contribution in [0.25, 0.3) is 89.5 Å². The number of rotatable bonds is 4. The molecule has 0 atom stereocenters. The third-order valence-electron chi connectivity index (χ3n) is 8.96. The van der Waals surface area contributed by atoms with Crippen molar-refractivity contribution in [1.29, 1.82) is 0 Å². The second-order valence-electron chi connectivity index (χ2n) is 11.8. The third kappa shape index (κ3) is 4.04. The van der Waals surface area contributed by atoms with Gasteiger partial charge in [0.1, 0.15) is 5.65 Å². The number of hydrogen-bond acceptors (Lipinski definition) is 5. The van der Waals surface area contributed by atoms with Gasteiger partial charge in [0.2, 0.25) is 5.95 Å². The number of imidazole rings is 1. The van der Waals surface area contributed by atoms with Crippen molar-refractivity contribution >= 4 is 49.4 Å². The van der Waals surface area contributed by atoms with Crippen LogP contribution in [-0.4, -0.2) is 33.9 Å². The molecule has 0 saturated carbocycles. The fourth-order valence-corrected chi connectivity index (χ4v) is 6.74. The highest BCUT2D eigenvalue weighted by Gasteiger charge is 2.21. The van der Waals surface area contributed by atoms with Crippen molar-refractivity contribution in [2.45, 2.75) is 0 Å². The Bertz CT molecular complexity index is 2780. The van der Waals surface area contributed by atoms with E-state index in [0.717, 1.165) is 72.0 Å². The third-order valence-corrected chi connectivity index (χ3v) is 8.96. The standard InChI is InChI=1S/C41H25N7/c1-3-13-26(14-4-1)37-44-38(27-15-5-2-6-16-27)46-39(45-37)28-23-24-30-29-17-8-11-21-34(29)47(36(30)25-28)41-43-32-19-9-7-18-31(32)40-42-33-20-10-12-22-35(33)48(40)41/h1-25H. The molecule has 10 rings (SSSR count). The molecule has 0 amide bonds. The molecule has 0 N–H and O–H groups in total. The minimum Gasteiger partial charge on any atom is -0.279 e. The smallest absolute Gasteiger partial charge is 0.221 e. The zero-order chi connectivity index (χ0) is 31.6. The van der Waals surface area contributed by atoms with E-state index in [1.54, 1.807) is 0 Å². The fourth-order valence-electron chi connectivity index (χ4n) is 6.74. The molecule has 0 bridgehead atoms. The van der Waals surface area contributed by atoms with Gasteiger partial charge >= 0.3 is 0 Å². The first-order valence-corrected chi connectivity index (χ1v) is 15.9. The lowest BCUT2D eigenvalue weighted by atomic mass is 10.1. The first-order valence-electron chi connectivity index (χ1n) is 15.9. The van der Waals surface area contributed by atoms with E-state index in [4.69, 9.17) is 24.9 Å². The van der Waals surface area contributed by atoms with E-state index in [0.29, 0.717) is 17.5 Å². The Morgan fingerprint density at radius 2 is 0.896 bits per heavy atom. The molecule has 7 heteroatoms. The van der Waals surface area contributed by atoms with Gasteiger partial charge in [0.25, 0.3) is 0 Å². The topological polar surface area (TPSA) is 73.8 Å². The van der Waals surface area contributed by atoms with Gasteiger partial charge < -0.3 is 0 Å². The molecular weight excluding hydrogens is 591 g/mol. The molecule has 6 aromatic carbocycles. The molecule has 0 unspecified atom stereocenters. The van der Waals surface area contributed by atoms with Crippen LogP contribution in [0.3, 0.4) is 0 Å². The van der Waals surface area contributed by atoms with Crippen molar-refractivity contribution in [3.63, 3.8) is 0 Å². The molecule has 4 heterocycles. The molecule has 10 aromatic rings. The monoisotopic (exact) mass is 615 g/mol. The number of nitrogens with zero attached hydrogens (tertiary/aromatic N) is 7. The van der Waals surface area contributed by atoms with Gasteiger partial charge in [-0.25, -0.2) is 24.9 Å². The summed E-state index contributed by atoms with van der Waals surface area (Å²) in [5.74, 6) is 2.63. The summed E-state index contributed by atoms with van der Waals surface area (Å²) in [6.45, 7) is 0. The Morgan fingerprint density at radius 3 is 1.60 bits per heavy atom. The zero-order valence-corrected chi connectivity index (χ0v) is 25.6. The average molecular weight is 616 g/mol. The number of aromatic nitrogens is 7. The fraction of sp³-hybridized carbons (Fsp3) is 0. The summed E-state index contributed by atoms with van der Waals surface area (Å²) in [6.07, 6.45) is 0. The average Bonchev–Trinajstić information content (AvgIpc) is 3.71. The van der Waals surface area contributed by atoms with E-state index in [1.807, 2.05) is 78.9 Å². The molecule has 0 aliphatic rings. The largest absolute Gasteiger partial charge is 0.279 e. The van der Waals surface area contributed by atoms with Crippen LogP contribution >= 0.6 is 0 Å². The summed E-state index contributed by atoms with van der Waals surface area (Å²) in [5, 5.41) is 3.26. The van der Waals surface area contributed by atoms with E-state index in [1.165, 1.54) is 0 Å². The number of benzene rings is 6. The minimum absolute atomic E-state index is 0.603. The first kappa shape index (κ1) is 26.5. The molecule has 0 aliphatic heterocycles. The highest BCUT2D eigenvalue weighted by atomic mass is 15.2. The van der Waals surface area contributed by atoms with Crippen molar-refractivity contribution in [2.75, 3.05) is 0 Å². The zero-order valence-electron chi connectivity index (χ0n) is 25.6. The summed E-state index contributed by atoms with van der Waals surface area (Å²) in [5.41, 5.74) is 8.48. The van der Waals surface area contributed by atoms with Gasteiger partial charge in [-0.15, -0.1) is 0 Å². The van der Waals surface area contributed by atoms with Crippen LogP contribution in [0.2, 0.25) is 0 Å². The summed E-state index contributed by atoms with van der Waals surface area (Å²) >= 11 is 0. The summed E-state index contributed by atoms with van der Waals surface area (Å²) in [6, 6.07) is 51.5. The SMILES string of the molecule is c1ccc(-c2nc(-c3ccccc3)nc(-c3ccc4c5ccccc5n(-c5nc6ccccc6c6nc7ccccc7n56)c4c3)n2)cc1. The van der Waals surface area contributed by atoms with E-state index in [9.17, 15) is 0 Å². The lowest BCUT2D eigenvalue weighted by Crippen LogP contribution is -2.06. The Balaban J connectivity index is 1.29. The highest BCUT2D eigenvalue weighted by Crippen LogP contribution is 2.36. The quantitative estimate of drug-likeness (QED) is 0.197. The van der Waals surface area contributed by atoms with Crippen molar-refractivity contribution < 1.29 is 0 Å². The van der Waals surface area contributed by atoms with Gasteiger partial charge in [0.05, 0.1) is 27.6 Å². The highest BCUT2D eigenvalue weighted by molar-refractivity contribution is 6.10. The second kappa shape index (κ2) is 10.4. The molecule has 0 fully saturated rings. The van der Waals surface area contributed by atoms with E-state index >= 15 is 0 Å². The van der Waals surface area contributed by atoms with Crippen LogP contribution in [0.5, 0.6) is 0 Å². The Labute approximate surface area is 274 Å². The van der Waals surface area contributed by atoms with Crippen molar-refractivity contribution in [1.82, 2.24) is 33.9 Å². The molecule has 224 valence electrons. The van der Waals surface area contributed by atoms with Gasteiger partial charge in [-0.3, -0.25) is 8.97 Å². The molecule has 7 nitrogen and oxygen atoms in total. The molecule has 0 radical (unpaired) electrons. The van der Waals surface area contributed by atoms with Crippen molar-refractivity contribution in [3.8, 4) is 40.1 Å². The number of hydrogen-bond donors (Lipinski definition) is 0.